The average Bonchev–Trinajstić information content (AvgIpc) is 2.40. The van der Waals surface area contributed by atoms with Crippen molar-refractivity contribution in [3.05, 3.63) is 68.7 Å². The topological polar surface area (TPSA) is 12.0 Å². The highest BCUT2D eigenvalue weighted by Crippen LogP contribution is 2.33. The Bertz CT molecular complexity index is 569. The molecule has 0 bridgehead atoms. The van der Waals surface area contributed by atoms with Gasteiger partial charge in [-0.2, -0.15) is 0 Å². The summed E-state index contributed by atoms with van der Waals surface area (Å²) in [5, 5.41) is 5.45. The molecule has 1 nitrogen and oxygen atoms in total. The van der Waals surface area contributed by atoms with Gasteiger partial charge >= 0.3 is 0 Å². The Hall–Kier alpha value is -0.730. The summed E-state index contributed by atoms with van der Waals surface area (Å²) < 4.78 is 0. The van der Waals surface area contributed by atoms with E-state index >= 15 is 0 Å². The first kappa shape index (κ1) is 14.7. The first-order valence-electron chi connectivity index (χ1n) is 6.06. The van der Waals surface area contributed by atoms with Gasteiger partial charge in [0.05, 0.1) is 6.04 Å². The van der Waals surface area contributed by atoms with Crippen LogP contribution in [0.15, 0.2) is 42.5 Å². The van der Waals surface area contributed by atoms with E-state index in [1.165, 1.54) is 0 Å². The number of hydrogen-bond acceptors (Lipinski definition) is 1. The summed E-state index contributed by atoms with van der Waals surface area (Å²) in [5.74, 6) is 0. The molecule has 0 fully saturated rings. The summed E-state index contributed by atoms with van der Waals surface area (Å²) in [4.78, 5) is 0. The Balaban J connectivity index is 2.51. The van der Waals surface area contributed by atoms with E-state index in [-0.39, 0.29) is 6.04 Å². The molecular weight excluding hydrogens is 301 g/mol. The molecule has 1 N–H and O–H groups in total. The lowest BCUT2D eigenvalue weighted by Gasteiger charge is -2.21. The van der Waals surface area contributed by atoms with E-state index in [0.717, 1.165) is 17.7 Å². The van der Waals surface area contributed by atoms with Crippen molar-refractivity contribution in [2.45, 2.75) is 13.0 Å². The van der Waals surface area contributed by atoms with Gasteiger partial charge in [0.25, 0.3) is 0 Å². The highest BCUT2D eigenvalue weighted by molar-refractivity contribution is 6.34. The van der Waals surface area contributed by atoms with Crippen molar-refractivity contribution in [2.75, 3.05) is 6.54 Å². The van der Waals surface area contributed by atoms with Gasteiger partial charge < -0.3 is 5.32 Å². The van der Waals surface area contributed by atoms with E-state index in [2.05, 4.69) is 5.32 Å². The lowest BCUT2D eigenvalue weighted by Crippen LogP contribution is -2.22. The highest BCUT2D eigenvalue weighted by Gasteiger charge is 2.18. The van der Waals surface area contributed by atoms with E-state index in [1.54, 1.807) is 12.1 Å². The van der Waals surface area contributed by atoms with Crippen molar-refractivity contribution in [1.29, 1.82) is 0 Å². The van der Waals surface area contributed by atoms with E-state index in [1.807, 2.05) is 37.3 Å². The van der Waals surface area contributed by atoms with Gasteiger partial charge in [0.2, 0.25) is 0 Å². The zero-order valence-corrected chi connectivity index (χ0v) is 12.7. The first-order chi connectivity index (χ1) is 9.13. The van der Waals surface area contributed by atoms with Crippen LogP contribution in [0.2, 0.25) is 15.1 Å². The van der Waals surface area contributed by atoms with Crippen LogP contribution in [-0.4, -0.2) is 6.54 Å². The maximum absolute atomic E-state index is 6.29. The average molecular weight is 315 g/mol. The summed E-state index contributed by atoms with van der Waals surface area (Å²) in [6.45, 7) is 2.85. The van der Waals surface area contributed by atoms with Crippen LogP contribution in [0, 0.1) is 0 Å². The second-order valence-electron chi connectivity index (χ2n) is 4.18. The molecule has 2 aromatic rings. The highest BCUT2D eigenvalue weighted by atomic mass is 35.5. The summed E-state index contributed by atoms with van der Waals surface area (Å²) in [6, 6.07) is 13.1. The van der Waals surface area contributed by atoms with Gasteiger partial charge in [-0.1, -0.05) is 59.9 Å². The largest absolute Gasteiger partial charge is 0.306 e. The predicted octanol–water partition coefficient (Wildman–Crippen LogP) is 5.35. The van der Waals surface area contributed by atoms with Crippen molar-refractivity contribution in [1.82, 2.24) is 5.32 Å². The van der Waals surface area contributed by atoms with Gasteiger partial charge in [-0.15, -0.1) is 0 Å². The van der Waals surface area contributed by atoms with Crippen molar-refractivity contribution < 1.29 is 0 Å². The minimum atomic E-state index is -0.0649. The minimum absolute atomic E-state index is 0.0649. The maximum atomic E-state index is 6.29. The fourth-order valence-corrected chi connectivity index (χ4v) is 2.69. The Morgan fingerprint density at radius 3 is 2.32 bits per heavy atom. The molecule has 0 saturated heterocycles. The van der Waals surface area contributed by atoms with Crippen molar-refractivity contribution >= 4 is 34.8 Å². The molecule has 19 heavy (non-hydrogen) atoms. The van der Waals surface area contributed by atoms with Gasteiger partial charge in [-0.25, -0.2) is 0 Å². The van der Waals surface area contributed by atoms with E-state index < -0.39 is 0 Å². The standard InChI is InChI=1S/C15H14Cl3N/c1-2-19-15(11-5-3-4-6-13(11)17)12-9-10(16)7-8-14(12)18/h3-9,15,19H,2H2,1H3. The van der Waals surface area contributed by atoms with Crippen LogP contribution in [0.3, 0.4) is 0 Å². The van der Waals surface area contributed by atoms with Gasteiger partial charge in [0.1, 0.15) is 0 Å². The maximum Gasteiger partial charge on any atom is 0.0606 e. The Labute approximate surface area is 128 Å². The molecule has 0 amide bonds. The number of halogens is 3. The third kappa shape index (κ3) is 3.43. The van der Waals surface area contributed by atoms with Crippen molar-refractivity contribution in [2.24, 2.45) is 0 Å². The van der Waals surface area contributed by atoms with Crippen molar-refractivity contribution in [3.63, 3.8) is 0 Å². The van der Waals surface area contributed by atoms with Crippen LogP contribution in [0.25, 0.3) is 0 Å². The molecule has 100 valence electrons. The minimum Gasteiger partial charge on any atom is -0.306 e. The monoisotopic (exact) mass is 313 g/mol. The smallest absolute Gasteiger partial charge is 0.0606 e. The number of rotatable bonds is 4. The normalized spacial score (nSPS) is 12.4. The molecule has 0 heterocycles. The van der Waals surface area contributed by atoms with Crippen LogP contribution < -0.4 is 5.32 Å². The molecule has 0 aliphatic rings. The second kappa shape index (κ2) is 6.62. The molecule has 0 aliphatic heterocycles. The third-order valence-electron chi connectivity index (χ3n) is 2.89. The fraction of sp³-hybridized carbons (Fsp3) is 0.200. The predicted molar refractivity (Wildman–Crippen MR) is 83.4 cm³/mol. The van der Waals surface area contributed by atoms with Gasteiger partial charge in [0, 0.05) is 15.1 Å². The molecule has 0 spiro atoms. The Kier molecular flexibility index (Phi) is 5.12. The molecule has 0 aromatic heterocycles. The van der Waals surface area contributed by atoms with Crippen LogP contribution >= 0.6 is 34.8 Å². The number of nitrogens with one attached hydrogen (secondary N) is 1. The van der Waals surface area contributed by atoms with Gasteiger partial charge in [0.15, 0.2) is 0 Å². The quantitative estimate of drug-likeness (QED) is 0.802. The first-order valence-corrected chi connectivity index (χ1v) is 7.19. The SMILES string of the molecule is CCNC(c1ccccc1Cl)c1cc(Cl)ccc1Cl. The molecule has 0 saturated carbocycles. The summed E-state index contributed by atoms with van der Waals surface area (Å²) >= 11 is 18.6. The van der Waals surface area contributed by atoms with E-state index in [0.29, 0.717) is 15.1 Å². The fourth-order valence-electron chi connectivity index (χ4n) is 2.04. The summed E-state index contributed by atoms with van der Waals surface area (Å²) in [6.07, 6.45) is 0. The molecule has 1 atom stereocenters. The molecule has 0 aliphatic carbocycles. The zero-order chi connectivity index (χ0) is 13.8. The summed E-state index contributed by atoms with van der Waals surface area (Å²) in [7, 11) is 0. The van der Waals surface area contributed by atoms with Crippen LogP contribution in [0.5, 0.6) is 0 Å². The van der Waals surface area contributed by atoms with Gasteiger partial charge in [-0.05, 0) is 41.9 Å². The van der Waals surface area contributed by atoms with Crippen LogP contribution in [-0.2, 0) is 0 Å². The lowest BCUT2D eigenvalue weighted by molar-refractivity contribution is 0.631. The zero-order valence-electron chi connectivity index (χ0n) is 10.5. The third-order valence-corrected chi connectivity index (χ3v) is 3.82. The Morgan fingerprint density at radius 2 is 1.63 bits per heavy atom. The Morgan fingerprint density at radius 1 is 0.947 bits per heavy atom. The molecule has 2 aromatic carbocycles. The van der Waals surface area contributed by atoms with Crippen LogP contribution in [0.1, 0.15) is 24.1 Å². The molecule has 2 rings (SSSR count). The van der Waals surface area contributed by atoms with E-state index in [9.17, 15) is 0 Å². The van der Waals surface area contributed by atoms with Gasteiger partial charge in [-0.3, -0.25) is 0 Å². The number of benzene rings is 2. The number of hydrogen-bond donors (Lipinski definition) is 1. The van der Waals surface area contributed by atoms with E-state index in [4.69, 9.17) is 34.8 Å². The van der Waals surface area contributed by atoms with Crippen LogP contribution in [0.4, 0.5) is 0 Å². The molecular formula is C15H14Cl3N. The molecule has 4 heteroatoms. The molecule has 1 unspecified atom stereocenters. The van der Waals surface area contributed by atoms with Crippen molar-refractivity contribution in [3.8, 4) is 0 Å². The second-order valence-corrected chi connectivity index (χ2v) is 5.43. The lowest BCUT2D eigenvalue weighted by atomic mass is 9.98. The molecule has 0 radical (unpaired) electrons. The summed E-state index contributed by atoms with van der Waals surface area (Å²) in [5.41, 5.74) is 1.93.